The number of esters is 1. The smallest absolute Gasteiger partial charge is 0.306 e. The molecule has 0 amide bonds. The summed E-state index contributed by atoms with van der Waals surface area (Å²) in [5.74, 6) is 0.781. The molecule has 0 saturated heterocycles. The second kappa shape index (κ2) is 9.90. The van der Waals surface area contributed by atoms with E-state index in [1.165, 1.54) is 5.57 Å². The van der Waals surface area contributed by atoms with Gasteiger partial charge in [0.1, 0.15) is 17.8 Å². The molecule has 2 aromatic heterocycles. The summed E-state index contributed by atoms with van der Waals surface area (Å²) in [6, 6.07) is 17.5. The number of para-hydroxylation sites is 1. The molecule has 1 atom stereocenters. The Morgan fingerprint density at radius 1 is 1.15 bits per heavy atom. The first kappa shape index (κ1) is 22.5. The number of furan rings is 1. The van der Waals surface area contributed by atoms with E-state index in [9.17, 15) is 4.79 Å². The van der Waals surface area contributed by atoms with Gasteiger partial charge in [-0.1, -0.05) is 48.0 Å². The van der Waals surface area contributed by atoms with Gasteiger partial charge in [-0.05, 0) is 55.9 Å². The standard InChI is InChI=1S/C28H26ClNO4/c1-2-32-26(31)16-18-10-12-19(13-11-18)23-7-5-9-25(30-23)33-17-20-14-15-22(29)27-21-6-3-4-8-24(21)34-28(20)27/h3-9,12,14-15,18H,2,10-11,13,16-17H2,1H3. The summed E-state index contributed by atoms with van der Waals surface area (Å²) in [5.41, 5.74) is 4.57. The van der Waals surface area contributed by atoms with E-state index < -0.39 is 0 Å². The number of carbonyl (C=O) groups excluding carboxylic acids is 1. The van der Waals surface area contributed by atoms with Crippen LogP contribution >= 0.6 is 11.6 Å². The summed E-state index contributed by atoms with van der Waals surface area (Å²) in [5, 5.41) is 2.56. The molecule has 4 aromatic rings. The molecule has 0 fully saturated rings. The van der Waals surface area contributed by atoms with Gasteiger partial charge >= 0.3 is 5.97 Å². The highest BCUT2D eigenvalue weighted by Crippen LogP contribution is 2.36. The Kier molecular flexibility index (Phi) is 6.54. The van der Waals surface area contributed by atoms with Gasteiger partial charge in [-0.25, -0.2) is 4.98 Å². The lowest BCUT2D eigenvalue weighted by molar-refractivity contribution is -0.144. The molecule has 0 spiro atoms. The van der Waals surface area contributed by atoms with Crippen LogP contribution in [0.4, 0.5) is 0 Å². The predicted molar refractivity (Wildman–Crippen MR) is 134 cm³/mol. The fraction of sp³-hybridized carbons (Fsp3) is 0.286. The summed E-state index contributed by atoms with van der Waals surface area (Å²) in [6.45, 7) is 2.59. The Balaban J connectivity index is 1.30. The number of nitrogens with zero attached hydrogens (tertiary/aromatic N) is 1. The molecule has 0 bridgehead atoms. The van der Waals surface area contributed by atoms with E-state index in [-0.39, 0.29) is 5.97 Å². The van der Waals surface area contributed by atoms with Gasteiger partial charge in [0.15, 0.2) is 0 Å². The first-order valence-electron chi connectivity index (χ1n) is 11.7. The number of allylic oxidation sites excluding steroid dienone is 2. The van der Waals surface area contributed by atoms with Crippen molar-refractivity contribution in [2.45, 2.75) is 39.2 Å². The summed E-state index contributed by atoms with van der Waals surface area (Å²) < 4.78 is 17.2. The van der Waals surface area contributed by atoms with E-state index >= 15 is 0 Å². The molecular weight excluding hydrogens is 450 g/mol. The van der Waals surface area contributed by atoms with Crippen molar-refractivity contribution in [3.63, 3.8) is 0 Å². The van der Waals surface area contributed by atoms with E-state index in [2.05, 4.69) is 6.08 Å². The van der Waals surface area contributed by atoms with Crippen molar-refractivity contribution < 1.29 is 18.7 Å². The van der Waals surface area contributed by atoms with Crippen molar-refractivity contribution in [3.8, 4) is 5.88 Å². The van der Waals surface area contributed by atoms with E-state index in [1.807, 2.05) is 61.5 Å². The minimum absolute atomic E-state index is 0.112. The molecule has 2 aromatic carbocycles. The average Bonchev–Trinajstić information content (AvgIpc) is 3.25. The Bertz CT molecular complexity index is 1370. The molecule has 6 heteroatoms. The third-order valence-electron chi connectivity index (χ3n) is 6.27. The maximum atomic E-state index is 11.8. The molecule has 0 radical (unpaired) electrons. The van der Waals surface area contributed by atoms with Crippen LogP contribution in [0.3, 0.4) is 0 Å². The average molecular weight is 476 g/mol. The van der Waals surface area contributed by atoms with Gasteiger partial charge in [0.2, 0.25) is 5.88 Å². The second-order valence-electron chi connectivity index (χ2n) is 8.54. The zero-order valence-corrected chi connectivity index (χ0v) is 19.8. The van der Waals surface area contributed by atoms with Crippen molar-refractivity contribution in [1.29, 1.82) is 0 Å². The Morgan fingerprint density at radius 2 is 2.03 bits per heavy atom. The number of rotatable bonds is 7. The van der Waals surface area contributed by atoms with Gasteiger partial charge in [0.25, 0.3) is 0 Å². The van der Waals surface area contributed by atoms with Crippen LogP contribution in [0.5, 0.6) is 5.88 Å². The summed E-state index contributed by atoms with van der Waals surface area (Å²) >= 11 is 6.48. The van der Waals surface area contributed by atoms with E-state index in [0.29, 0.717) is 36.5 Å². The second-order valence-corrected chi connectivity index (χ2v) is 8.94. The molecule has 1 aliphatic rings. The summed E-state index contributed by atoms with van der Waals surface area (Å²) in [4.78, 5) is 16.5. The fourth-order valence-electron chi connectivity index (χ4n) is 4.54. The third-order valence-corrected chi connectivity index (χ3v) is 6.58. The van der Waals surface area contributed by atoms with Crippen LogP contribution < -0.4 is 4.74 Å². The zero-order valence-electron chi connectivity index (χ0n) is 19.1. The fourth-order valence-corrected chi connectivity index (χ4v) is 4.79. The molecule has 5 nitrogen and oxygen atoms in total. The highest BCUT2D eigenvalue weighted by Gasteiger charge is 2.20. The van der Waals surface area contributed by atoms with Gasteiger partial charge in [-0.2, -0.15) is 0 Å². The third kappa shape index (κ3) is 4.66. The van der Waals surface area contributed by atoms with Crippen molar-refractivity contribution in [1.82, 2.24) is 4.98 Å². The molecule has 0 saturated carbocycles. The number of pyridine rings is 1. The first-order chi connectivity index (χ1) is 16.6. The topological polar surface area (TPSA) is 61.6 Å². The van der Waals surface area contributed by atoms with Gasteiger partial charge in [0, 0.05) is 28.8 Å². The summed E-state index contributed by atoms with van der Waals surface area (Å²) in [6.07, 6.45) is 5.36. The number of aromatic nitrogens is 1. The lowest BCUT2D eigenvalue weighted by atomic mass is 9.86. The molecule has 174 valence electrons. The predicted octanol–water partition coefficient (Wildman–Crippen LogP) is 7.35. The van der Waals surface area contributed by atoms with Crippen molar-refractivity contribution in [3.05, 3.63) is 77.0 Å². The molecule has 1 unspecified atom stereocenters. The highest BCUT2D eigenvalue weighted by atomic mass is 35.5. The normalized spacial score (nSPS) is 15.9. The van der Waals surface area contributed by atoms with E-state index in [1.54, 1.807) is 0 Å². The van der Waals surface area contributed by atoms with Crippen LogP contribution in [-0.4, -0.2) is 17.6 Å². The van der Waals surface area contributed by atoms with E-state index in [0.717, 1.165) is 52.5 Å². The molecule has 34 heavy (non-hydrogen) atoms. The van der Waals surface area contributed by atoms with Gasteiger partial charge in [-0.15, -0.1) is 0 Å². The highest BCUT2D eigenvalue weighted by molar-refractivity contribution is 6.37. The lowest BCUT2D eigenvalue weighted by Crippen LogP contribution is -2.14. The van der Waals surface area contributed by atoms with Gasteiger partial charge in [0.05, 0.1) is 17.3 Å². The van der Waals surface area contributed by atoms with Crippen LogP contribution in [0, 0.1) is 5.92 Å². The number of hydrogen-bond acceptors (Lipinski definition) is 5. The molecule has 5 rings (SSSR count). The number of hydrogen-bond donors (Lipinski definition) is 0. The summed E-state index contributed by atoms with van der Waals surface area (Å²) in [7, 11) is 0. The first-order valence-corrected chi connectivity index (χ1v) is 12.0. The van der Waals surface area contributed by atoms with E-state index in [4.69, 9.17) is 30.5 Å². The zero-order chi connectivity index (χ0) is 23.5. The number of benzene rings is 2. The lowest BCUT2D eigenvalue weighted by Gasteiger charge is -2.21. The number of halogens is 1. The molecule has 0 N–H and O–H groups in total. The number of fused-ring (bicyclic) bond motifs is 3. The Morgan fingerprint density at radius 3 is 2.85 bits per heavy atom. The molecule has 1 aliphatic carbocycles. The molecule has 2 heterocycles. The largest absolute Gasteiger partial charge is 0.473 e. The molecule has 0 aliphatic heterocycles. The van der Waals surface area contributed by atoms with Gasteiger partial charge in [-0.3, -0.25) is 4.79 Å². The monoisotopic (exact) mass is 475 g/mol. The van der Waals surface area contributed by atoms with Crippen molar-refractivity contribution >= 4 is 45.1 Å². The Labute approximate surface area is 203 Å². The number of carbonyl (C=O) groups is 1. The Hall–Kier alpha value is -3.31. The van der Waals surface area contributed by atoms with Crippen LogP contribution in [-0.2, 0) is 16.1 Å². The SMILES string of the molecule is CCOC(=O)CC1CC=C(c2cccc(OCc3ccc(Cl)c4c3oc3ccccc34)n2)CC1. The maximum Gasteiger partial charge on any atom is 0.306 e. The minimum Gasteiger partial charge on any atom is -0.473 e. The van der Waals surface area contributed by atoms with Crippen LogP contribution in [0.15, 0.2) is 65.1 Å². The van der Waals surface area contributed by atoms with Crippen LogP contribution in [0.2, 0.25) is 5.02 Å². The van der Waals surface area contributed by atoms with Crippen LogP contribution in [0.1, 0.15) is 43.9 Å². The molecular formula is C28H26ClNO4. The van der Waals surface area contributed by atoms with Crippen LogP contribution in [0.25, 0.3) is 27.5 Å². The van der Waals surface area contributed by atoms with Gasteiger partial charge < -0.3 is 13.9 Å². The minimum atomic E-state index is -0.112. The quantitative estimate of drug-likeness (QED) is 0.261. The maximum absolute atomic E-state index is 11.8. The van der Waals surface area contributed by atoms with Crippen molar-refractivity contribution in [2.24, 2.45) is 5.92 Å². The van der Waals surface area contributed by atoms with Crippen molar-refractivity contribution in [2.75, 3.05) is 6.61 Å². The number of ether oxygens (including phenoxy) is 2.